The summed E-state index contributed by atoms with van der Waals surface area (Å²) in [7, 11) is 0. The molecule has 0 aliphatic carbocycles. The molecule has 2 aromatic heterocycles. The number of carbonyl (C=O) groups excluding carboxylic acids is 1. The highest BCUT2D eigenvalue weighted by atomic mass is 127. The van der Waals surface area contributed by atoms with Crippen LogP contribution in [-0.4, -0.2) is 20.7 Å². The Morgan fingerprint density at radius 3 is 2.66 bits per heavy atom. The van der Waals surface area contributed by atoms with Gasteiger partial charge in [0.25, 0.3) is 5.91 Å². The molecule has 1 aliphatic heterocycles. The third-order valence-corrected chi connectivity index (χ3v) is 6.88. The van der Waals surface area contributed by atoms with E-state index in [0.717, 1.165) is 31.0 Å². The summed E-state index contributed by atoms with van der Waals surface area (Å²) in [6, 6.07) is 19.5. The molecule has 0 saturated heterocycles. The fourth-order valence-corrected chi connectivity index (χ4v) is 4.85. The monoisotopic (exact) mass is 553 g/mol. The van der Waals surface area contributed by atoms with Gasteiger partial charge in [-0.1, -0.05) is 35.9 Å². The van der Waals surface area contributed by atoms with Gasteiger partial charge in [-0.25, -0.2) is 4.68 Å². The number of hydrogen-bond donors (Lipinski definition) is 2. The summed E-state index contributed by atoms with van der Waals surface area (Å²) < 4.78 is 2.93. The number of amides is 1. The van der Waals surface area contributed by atoms with Crippen LogP contribution in [0.1, 0.15) is 24.1 Å². The Balaban J connectivity index is 1.60. The molecular weight excluding hydrogens is 533 g/mol. The van der Waals surface area contributed by atoms with Crippen molar-refractivity contribution in [1.29, 1.82) is 0 Å². The zero-order chi connectivity index (χ0) is 22.2. The molecule has 0 spiro atoms. The van der Waals surface area contributed by atoms with Crippen molar-refractivity contribution in [2.45, 2.75) is 19.9 Å². The number of carbonyl (C=O) groups is 1. The molecule has 0 saturated carbocycles. The van der Waals surface area contributed by atoms with E-state index >= 15 is 0 Å². The second-order valence-electron chi connectivity index (χ2n) is 7.62. The smallest absolute Gasteiger partial charge is 0.255 e. The average molecular weight is 553 g/mol. The predicted octanol–water partition coefficient (Wildman–Crippen LogP) is 5.85. The van der Waals surface area contributed by atoms with Gasteiger partial charge in [0, 0.05) is 15.0 Å². The molecule has 8 heteroatoms. The number of halogens is 1. The molecule has 6 nitrogen and oxygen atoms in total. The first-order valence-electron chi connectivity index (χ1n) is 10.1. The van der Waals surface area contributed by atoms with Gasteiger partial charge in [-0.2, -0.15) is 4.98 Å². The van der Waals surface area contributed by atoms with Gasteiger partial charge in [0.1, 0.15) is 6.04 Å². The van der Waals surface area contributed by atoms with E-state index in [4.69, 9.17) is 10.1 Å². The third-order valence-electron chi connectivity index (χ3n) is 5.30. The summed E-state index contributed by atoms with van der Waals surface area (Å²) in [4.78, 5) is 19.2. The first kappa shape index (κ1) is 20.9. The minimum atomic E-state index is -0.392. The van der Waals surface area contributed by atoms with Crippen molar-refractivity contribution in [1.82, 2.24) is 14.8 Å². The van der Waals surface area contributed by atoms with Crippen molar-refractivity contribution in [3.8, 4) is 10.7 Å². The Morgan fingerprint density at radius 2 is 1.94 bits per heavy atom. The summed E-state index contributed by atoms with van der Waals surface area (Å²) in [5, 5.41) is 13.2. The van der Waals surface area contributed by atoms with Crippen molar-refractivity contribution >= 4 is 51.5 Å². The molecule has 0 radical (unpaired) electrons. The Kier molecular flexibility index (Phi) is 5.56. The maximum Gasteiger partial charge on any atom is 0.255 e. The number of fused-ring (bicyclic) bond motifs is 1. The predicted molar refractivity (Wildman–Crippen MR) is 137 cm³/mol. The summed E-state index contributed by atoms with van der Waals surface area (Å²) in [6.45, 7) is 3.96. The van der Waals surface area contributed by atoms with E-state index in [1.54, 1.807) is 11.3 Å². The molecule has 1 aliphatic rings. The molecular formula is C24H20IN5OS. The van der Waals surface area contributed by atoms with Gasteiger partial charge in [-0.05, 0) is 77.7 Å². The number of aromatic nitrogens is 3. The van der Waals surface area contributed by atoms with E-state index in [-0.39, 0.29) is 5.91 Å². The molecule has 1 amide bonds. The molecule has 0 bridgehead atoms. The van der Waals surface area contributed by atoms with Gasteiger partial charge in [-0.15, -0.1) is 16.4 Å². The lowest BCUT2D eigenvalue weighted by molar-refractivity contribution is -0.113. The maximum atomic E-state index is 13.5. The number of aryl methyl sites for hydroxylation is 1. The molecule has 160 valence electrons. The molecule has 0 fully saturated rings. The van der Waals surface area contributed by atoms with Gasteiger partial charge in [-0.3, -0.25) is 4.79 Å². The normalized spacial score (nSPS) is 15.3. The van der Waals surface area contributed by atoms with Crippen molar-refractivity contribution in [3.63, 3.8) is 0 Å². The van der Waals surface area contributed by atoms with Crippen LogP contribution >= 0.6 is 33.9 Å². The van der Waals surface area contributed by atoms with E-state index in [0.29, 0.717) is 17.3 Å². The molecule has 2 aromatic carbocycles. The first-order chi connectivity index (χ1) is 15.5. The Labute approximate surface area is 203 Å². The highest BCUT2D eigenvalue weighted by Crippen LogP contribution is 2.37. The third kappa shape index (κ3) is 3.95. The Morgan fingerprint density at radius 1 is 1.12 bits per heavy atom. The van der Waals surface area contributed by atoms with Crippen LogP contribution in [0.4, 0.5) is 11.6 Å². The quantitative estimate of drug-likeness (QED) is 0.311. The van der Waals surface area contributed by atoms with Crippen LogP contribution in [0.3, 0.4) is 0 Å². The molecule has 4 aromatic rings. The van der Waals surface area contributed by atoms with Crippen LogP contribution in [-0.2, 0) is 4.79 Å². The molecule has 32 heavy (non-hydrogen) atoms. The average Bonchev–Trinajstić information content (AvgIpc) is 3.44. The molecule has 0 unspecified atom stereocenters. The van der Waals surface area contributed by atoms with Crippen LogP contribution in [0.5, 0.6) is 0 Å². The van der Waals surface area contributed by atoms with E-state index in [2.05, 4.69) is 39.3 Å². The fourth-order valence-electron chi connectivity index (χ4n) is 3.84. The largest absolute Gasteiger partial charge is 0.328 e. The van der Waals surface area contributed by atoms with Gasteiger partial charge in [0.15, 0.2) is 5.82 Å². The fraction of sp³-hybridized carbons (Fsp3) is 0.125. The van der Waals surface area contributed by atoms with Crippen LogP contribution < -0.4 is 10.6 Å². The summed E-state index contributed by atoms with van der Waals surface area (Å²) in [6.07, 6.45) is 0. The number of anilines is 2. The first-order valence-corrected chi connectivity index (χ1v) is 12.1. The summed E-state index contributed by atoms with van der Waals surface area (Å²) in [5.41, 5.74) is 4.24. The van der Waals surface area contributed by atoms with Crippen molar-refractivity contribution in [2.75, 3.05) is 10.6 Å². The number of benzene rings is 2. The maximum absolute atomic E-state index is 13.5. The SMILES string of the molecule is CC1=C(C(=O)Nc2ccc(I)cc2)[C@H](c2cccc(C)c2)n2nc(-c3cccs3)nc2N1. The number of nitrogens with one attached hydrogen (secondary N) is 2. The van der Waals surface area contributed by atoms with E-state index in [1.165, 1.54) is 0 Å². The van der Waals surface area contributed by atoms with Gasteiger partial charge in [0.2, 0.25) is 5.95 Å². The molecule has 3 heterocycles. The lowest BCUT2D eigenvalue weighted by Crippen LogP contribution is -2.31. The number of hydrogen-bond acceptors (Lipinski definition) is 5. The van der Waals surface area contributed by atoms with Gasteiger partial charge in [0.05, 0.1) is 10.5 Å². The summed E-state index contributed by atoms with van der Waals surface area (Å²) in [5.74, 6) is 1.11. The highest BCUT2D eigenvalue weighted by molar-refractivity contribution is 14.1. The molecule has 2 N–H and O–H groups in total. The van der Waals surface area contributed by atoms with Crippen LogP contribution in [0, 0.1) is 10.5 Å². The van der Waals surface area contributed by atoms with E-state index in [1.807, 2.05) is 78.5 Å². The van der Waals surface area contributed by atoms with Crippen molar-refractivity contribution < 1.29 is 4.79 Å². The van der Waals surface area contributed by atoms with E-state index < -0.39 is 6.04 Å². The van der Waals surface area contributed by atoms with Gasteiger partial charge < -0.3 is 10.6 Å². The van der Waals surface area contributed by atoms with Crippen molar-refractivity contribution in [2.24, 2.45) is 0 Å². The van der Waals surface area contributed by atoms with Crippen LogP contribution in [0.15, 0.2) is 77.3 Å². The second-order valence-corrected chi connectivity index (χ2v) is 9.82. The zero-order valence-electron chi connectivity index (χ0n) is 17.5. The Bertz CT molecular complexity index is 1320. The number of allylic oxidation sites excluding steroid dienone is 1. The number of thiophene rings is 1. The lowest BCUT2D eigenvalue weighted by atomic mass is 9.94. The van der Waals surface area contributed by atoms with Crippen molar-refractivity contribution in [3.05, 3.63) is 92.0 Å². The standard InChI is InChI=1S/C24H20IN5OS/c1-14-5-3-6-16(13-14)21-20(23(31)27-18-10-8-17(25)9-11-18)15(2)26-24-28-22(29-30(21)24)19-7-4-12-32-19/h3-13,21H,1-2H3,(H,27,31)(H,26,28,29)/t21-/m0/s1. The number of nitrogens with zero attached hydrogens (tertiary/aromatic N) is 3. The topological polar surface area (TPSA) is 71.8 Å². The van der Waals surface area contributed by atoms with Crippen LogP contribution in [0.25, 0.3) is 10.7 Å². The van der Waals surface area contributed by atoms with Crippen LogP contribution in [0.2, 0.25) is 0 Å². The summed E-state index contributed by atoms with van der Waals surface area (Å²) >= 11 is 3.84. The Hall–Kier alpha value is -2.98. The minimum absolute atomic E-state index is 0.165. The number of rotatable bonds is 4. The second kappa shape index (κ2) is 8.51. The molecule has 1 atom stereocenters. The zero-order valence-corrected chi connectivity index (χ0v) is 20.4. The highest BCUT2D eigenvalue weighted by Gasteiger charge is 2.34. The van der Waals surface area contributed by atoms with Gasteiger partial charge >= 0.3 is 0 Å². The minimum Gasteiger partial charge on any atom is -0.328 e. The molecule has 5 rings (SSSR count). The lowest BCUT2D eigenvalue weighted by Gasteiger charge is -2.29. The van der Waals surface area contributed by atoms with E-state index in [9.17, 15) is 4.79 Å².